The molecule has 2 aliphatic rings. The van der Waals surface area contributed by atoms with E-state index in [4.69, 9.17) is 4.74 Å². The first-order chi connectivity index (χ1) is 11.2. The van der Waals surface area contributed by atoms with E-state index in [2.05, 4.69) is 9.97 Å². The molecule has 23 heavy (non-hydrogen) atoms. The Morgan fingerprint density at radius 2 is 2.00 bits per heavy atom. The molecule has 2 fully saturated rings. The van der Waals surface area contributed by atoms with Gasteiger partial charge < -0.3 is 9.64 Å². The van der Waals surface area contributed by atoms with Gasteiger partial charge in [0.15, 0.2) is 0 Å². The van der Waals surface area contributed by atoms with Crippen molar-refractivity contribution in [1.82, 2.24) is 14.9 Å². The Hall–Kier alpha value is -2.08. The second-order valence-corrected chi connectivity index (χ2v) is 7.52. The van der Waals surface area contributed by atoms with Crippen LogP contribution in [0, 0.1) is 0 Å². The summed E-state index contributed by atoms with van der Waals surface area (Å²) >= 11 is 1.92. The first kappa shape index (κ1) is 14.5. The molecule has 1 atom stereocenters. The van der Waals surface area contributed by atoms with Crippen molar-refractivity contribution in [2.45, 2.75) is 17.3 Å². The van der Waals surface area contributed by atoms with Crippen LogP contribution in [0.25, 0.3) is 0 Å². The molecule has 2 aromatic rings. The number of hydrogen-bond acceptors (Lipinski definition) is 5. The minimum absolute atomic E-state index is 0.0703. The smallest absolute Gasteiger partial charge is 0.255 e. The number of likely N-dealkylation sites (tertiary alicyclic amines) is 1. The quantitative estimate of drug-likeness (QED) is 0.865. The zero-order valence-electron chi connectivity index (χ0n) is 12.6. The fourth-order valence-electron chi connectivity index (χ4n) is 3.17. The van der Waals surface area contributed by atoms with Crippen LogP contribution in [-0.2, 0) is 0 Å². The van der Waals surface area contributed by atoms with Crippen LogP contribution in [0.1, 0.15) is 16.8 Å². The standard InChI is InChI=1S/C17H17N3O2S/c21-16(13-3-1-5-18-8-13)20-11-17(12-20)7-15(10-23-17)22-14-4-2-6-19-9-14/h1-6,8-9,15H,7,10-12H2/t15-/m0/s1. The second kappa shape index (κ2) is 5.85. The zero-order chi connectivity index (χ0) is 15.7. The molecule has 0 radical (unpaired) electrons. The van der Waals surface area contributed by atoms with E-state index >= 15 is 0 Å². The van der Waals surface area contributed by atoms with Crippen LogP contribution in [0.15, 0.2) is 49.1 Å². The Kier molecular flexibility index (Phi) is 3.69. The van der Waals surface area contributed by atoms with Gasteiger partial charge in [0.1, 0.15) is 11.9 Å². The van der Waals surface area contributed by atoms with Gasteiger partial charge in [0.25, 0.3) is 5.91 Å². The minimum atomic E-state index is 0.0703. The largest absolute Gasteiger partial charge is 0.488 e. The Balaban J connectivity index is 1.34. The summed E-state index contributed by atoms with van der Waals surface area (Å²) in [6.45, 7) is 1.58. The van der Waals surface area contributed by atoms with Crippen molar-refractivity contribution in [2.75, 3.05) is 18.8 Å². The van der Waals surface area contributed by atoms with Crippen molar-refractivity contribution in [3.8, 4) is 5.75 Å². The van der Waals surface area contributed by atoms with Gasteiger partial charge in [-0.15, -0.1) is 11.8 Å². The lowest BCUT2D eigenvalue weighted by molar-refractivity contribution is 0.0517. The van der Waals surface area contributed by atoms with Crippen LogP contribution in [0.2, 0.25) is 0 Å². The van der Waals surface area contributed by atoms with Gasteiger partial charge in [-0.05, 0) is 24.3 Å². The average Bonchev–Trinajstić information content (AvgIpc) is 2.99. The van der Waals surface area contributed by atoms with E-state index in [1.54, 1.807) is 30.9 Å². The van der Waals surface area contributed by atoms with Crippen molar-refractivity contribution in [3.63, 3.8) is 0 Å². The molecule has 6 heteroatoms. The number of carbonyl (C=O) groups excluding carboxylic acids is 1. The highest BCUT2D eigenvalue weighted by Gasteiger charge is 2.51. The molecule has 4 heterocycles. The molecule has 1 amide bonds. The number of nitrogens with zero attached hydrogens (tertiary/aromatic N) is 3. The lowest BCUT2D eigenvalue weighted by Crippen LogP contribution is -2.60. The zero-order valence-corrected chi connectivity index (χ0v) is 13.4. The van der Waals surface area contributed by atoms with E-state index in [9.17, 15) is 4.79 Å². The molecule has 0 unspecified atom stereocenters. The van der Waals surface area contributed by atoms with Crippen molar-refractivity contribution in [3.05, 3.63) is 54.6 Å². The van der Waals surface area contributed by atoms with Gasteiger partial charge in [-0.25, -0.2) is 0 Å². The van der Waals surface area contributed by atoms with Crippen molar-refractivity contribution >= 4 is 17.7 Å². The molecule has 2 saturated heterocycles. The van der Waals surface area contributed by atoms with E-state index in [-0.39, 0.29) is 16.8 Å². The summed E-state index contributed by atoms with van der Waals surface area (Å²) in [7, 11) is 0. The molecule has 0 N–H and O–H groups in total. The normalized spacial score (nSPS) is 21.9. The van der Waals surface area contributed by atoms with Gasteiger partial charge in [-0.1, -0.05) is 0 Å². The monoisotopic (exact) mass is 327 g/mol. The predicted octanol–water partition coefficient (Wildman–Crippen LogP) is 2.26. The van der Waals surface area contributed by atoms with Gasteiger partial charge in [0, 0.05) is 43.9 Å². The van der Waals surface area contributed by atoms with E-state index in [0.717, 1.165) is 31.0 Å². The molecule has 0 saturated carbocycles. The highest BCUT2D eigenvalue weighted by Crippen LogP contribution is 2.46. The first-order valence-electron chi connectivity index (χ1n) is 7.64. The molecule has 4 rings (SSSR count). The topological polar surface area (TPSA) is 55.3 Å². The van der Waals surface area contributed by atoms with Crippen molar-refractivity contribution < 1.29 is 9.53 Å². The van der Waals surface area contributed by atoms with E-state index in [0.29, 0.717) is 5.56 Å². The summed E-state index contributed by atoms with van der Waals surface area (Å²) in [5, 5.41) is 0. The molecule has 0 bridgehead atoms. The Labute approximate surface area is 139 Å². The number of aromatic nitrogens is 2. The van der Waals surface area contributed by atoms with E-state index in [1.807, 2.05) is 34.9 Å². The van der Waals surface area contributed by atoms with Crippen LogP contribution in [0.5, 0.6) is 5.75 Å². The number of amides is 1. The number of ether oxygens (including phenoxy) is 1. The van der Waals surface area contributed by atoms with Gasteiger partial charge in [0.2, 0.25) is 0 Å². The number of pyridine rings is 2. The lowest BCUT2D eigenvalue weighted by Gasteiger charge is -2.47. The fourth-order valence-corrected chi connectivity index (χ4v) is 4.70. The Morgan fingerprint density at radius 3 is 2.70 bits per heavy atom. The summed E-state index contributed by atoms with van der Waals surface area (Å²) in [4.78, 5) is 22.4. The summed E-state index contributed by atoms with van der Waals surface area (Å²) in [6.07, 6.45) is 7.97. The first-order valence-corrected chi connectivity index (χ1v) is 8.63. The van der Waals surface area contributed by atoms with Gasteiger partial charge in [-0.2, -0.15) is 0 Å². The average molecular weight is 327 g/mol. The number of hydrogen-bond donors (Lipinski definition) is 0. The third-order valence-corrected chi connectivity index (χ3v) is 5.84. The third-order valence-electron chi connectivity index (χ3n) is 4.27. The fraction of sp³-hybridized carbons (Fsp3) is 0.353. The number of thioether (sulfide) groups is 1. The molecular weight excluding hydrogens is 310 g/mol. The highest BCUT2D eigenvalue weighted by molar-refractivity contribution is 8.01. The summed E-state index contributed by atoms with van der Waals surface area (Å²) in [5.41, 5.74) is 0.661. The van der Waals surface area contributed by atoms with Gasteiger partial charge in [-0.3, -0.25) is 14.8 Å². The molecule has 2 aromatic heterocycles. The molecule has 1 spiro atoms. The van der Waals surface area contributed by atoms with Gasteiger partial charge >= 0.3 is 0 Å². The van der Waals surface area contributed by atoms with Crippen LogP contribution in [0.4, 0.5) is 0 Å². The lowest BCUT2D eigenvalue weighted by atomic mass is 9.92. The molecule has 5 nitrogen and oxygen atoms in total. The highest BCUT2D eigenvalue weighted by atomic mass is 32.2. The maximum atomic E-state index is 12.4. The van der Waals surface area contributed by atoms with Crippen LogP contribution in [0.3, 0.4) is 0 Å². The van der Waals surface area contributed by atoms with E-state index in [1.165, 1.54) is 0 Å². The number of carbonyl (C=O) groups is 1. The van der Waals surface area contributed by atoms with Crippen LogP contribution in [-0.4, -0.2) is 50.5 Å². The Bertz CT molecular complexity index is 689. The SMILES string of the molecule is O=C(c1cccnc1)N1CC2(C[C@H](Oc3cccnc3)CS2)C1. The molecule has 0 aliphatic carbocycles. The molecule has 118 valence electrons. The summed E-state index contributed by atoms with van der Waals surface area (Å²) < 4.78 is 6.15. The van der Waals surface area contributed by atoms with Gasteiger partial charge in [0.05, 0.1) is 16.5 Å². The maximum absolute atomic E-state index is 12.4. The molecular formula is C17H17N3O2S. The summed E-state index contributed by atoms with van der Waals surface area (Å²) in [6, 6.07) is 7.42. The van der Waals surface area contributed by atoms with E-state index < -0.39 is 0 Å². The van der Waals surface area contributed by atoms with Crippen LogP contribution >= 0.6 is 11.8 Å². The second-order valence-electron chi connectivity index (χ2n) is 6.03. The molecule has 0 aromatic carbocycles. The summed E-state index contributed by atoms with van der Waals surface area (Å²) in [5.74, 6) is 1.85. The Morgan fingerprint density at radius 1 is 1.22 bits per heavy atom. The minimum Gasteiger partial charge on any atom is -0.488 e. The van der Waals surface area contributed by atoms with Crippen LogP contribution < -0.4 is 4.74 Å². The predicted molar refractivity (Wildman–Crippen MR) is 88.6 cm³/mol. The third kappa shape index (κ3) is 2.91. The molecule has 2 aliphatic heterocycles. The van der Waals surface area contributed by atoms with Crippen molar-refractivity contribution in [2.24, 2.45) is 0 Å². The maximum Gasteiger partial charge on any atom is 0.255 e. The van der Waals surface area contributed by atoms with Crippen molar-refractivity contribution in [1.29, 1.82) is 0 Å². The number of rotatable bonds is 3.